The third kappa shape index (κ3) is 3.87. The molecule has 0 saturated carbocycles. The summed E-state index contributed by atoms with van der Waals surface area (Å²) in [6, 6.07) is 4.96. The molecule has 1 aromatic carbocycles. The van der Waals surface area contributed by atoms with E-state index >= 15 is 0 Å². The average molecular weight is 326 g/mol. The lowest BCUT2D eigenvalue weighted by atomic mass is 10.1. The van der Waals surface area contributed by atoms with E-state index in [1.807, 2.05) is 0 Å². The van der Waals surface area contributed by atoms with Crippen LogP contribution in [0.25, 0.3) is 0 Å². The molecule has 2 N–H and O–H groups in total. The van der Waals surface area contributed by atoms with Gasteiger partial charge in [-0.1, -0.05) is 27.2 Å². The molecule has 0 saturated heterocycles. The summed E-state index contributed by atoms with van der Waals surface area (Å²) in [6.07, 6.45) is 2.03. The predicted octanol–water partition coefficient (Wildman–Crippen LogP) is 1.86. The highest BCUT2D eigenvalue weighted by Crippen LogP contribution is 2.18. The molecule has 1 aromatic heterocycles. The maximum Gasteiger partial charge on any atom is 0.335 e. The van der Waals surface area contributed by atoms with Crippen molar-refractivity contribution in [1.82, 2.24) is 15.5 Å². The van der Waals surface area contributed by atoms with E-state index in [2.05, 4.69) is 31.4 Å². The molecule has 0 spiro atoms. The second-order valence-electron chi connectivity index (χ2n) is 3.87. The van der Waals surface area contributed by atoms with Crippen LogP contribution in [0.2, 0.25) is 0 Å². The van der Waals surface area contributed by atoms with Gasteiger partial charge < -0.3 is 14.9 Å². The number of nitrogens with one attached hydrogen (secondary N) is 1. The Labute approximate surface area is 118 Å². The molecule has 2 rings (SSSR count). The van der Waals surface area contributed by atoms with Gasteiger partial charge in [0.25, 0.3) is 0 Å². The lowest BCUT2D eigenvalue weighted by Crippen LogP contribution is -2.17. The fourth-order valence-corrected chi connectivity index (χ4v) is 2.07. The van der Waals surface area contributed by atoms with Gasteiger partial charge in [-0.2, -0.15) is 4.98 Å². The van der Waals surface area contributed by atoms with Crippen LogP contribution in [0.1, 0.15) is 21.8 Å². The first-order valence-corrected chi connectivity index (χ1v) is 6.44. The lowest BCUT2D eigenvalue weighted by molar-refractivity contribution is 0.0697. The first kappa shape index (κ1) is 13.7. The average Bonchev–Trinajstić information content (AvgIpc) is 2.89. The van der Waals surface area contributed by atoms with Crippen LogP contribution in [-0.2, 0) is 13.0 Å². The maximum absolute atomic E-state index is 10.8. The largest absolute Gasteiger partial charge is 0.478 e. The molecule has 6 nitrogen and oxygen atoms in total. The monoisotopic (exact) mass is 325 g/mol. The maximum atomic E-state index is 10.8. The highest BCUT2D eigenvalue weighted by Gasteiger charge is 2.06. The summed E-state index contributed by atoms with van der Waals surface area (Å²) in [5.41, 5.74) is 1.26. The van der Waals surface area contributed by atoms with Crippen LogP contribution in [0, 0.1) is 0 Å². The highest BCUT2D eigenvalue weighted by molar-refractivity contribution is 9.10. The van der Waals surface area contributed by atoms with Gasteiger partial charge in [0.05, 0.1) is 5.56 Å². The molecule has 100 valence electrons. The van der Waals surface area contributed by atoms with Crippen molar-refractivity contribution in [1.29, 1.82) is 0 Å². The summed E-state index contributed by atoms with van der Waals surface area (Å²) in [4.78, 5) is 14.7. The van der Waals surface area contributed by atoms with Crippen molar-refractivity contribution >= 4 is 21.9 Å². The van der Waals surface area contributed by atoms with E-state index in [-0.39, 0.29) is 5.56 Å². The number of benzene rings is 1. The Hall–Kier alpha value is -1.73. The van der Waals surface area contributed by atoms with Gasteiger partial charge in [-0.3, -0.25) is 0 Å². The van der Waals surface area contributed by atoms with Crippen molar-refractivity contribution < 1.29 is 14.4 Å². The van der Waals surface area contributed by atoms with E-state index in [1.54, 1.807) is 18.2 Å². The van der Waals surface area contributed by atoms with Crippen molar-refractivity contribution in [2.75, 3.05) is 6.54 Å². The van der Waals surface area contributed by atoms with Crippen molar-refractivity contribution in [2.24, 2.45) is 0 Å². The predicted molar refractivity (Wildman–Crippen MR) is 70.8 cm³/mol. The number of hydrogen-bond acceptors (Lipinski definition) is 5. The summed E-state index contributed by atoms with van der Waals surface area (Å²) in [6.45, 7) is 1.34. The number of aromatic carboxylic acids is 1. The quantitative estimate of drug-likeness (QED) is 0.788. The molecular weight excluding hydrogens is 314 g/mol. The summed E-state index contributed by atoms with van der Waals surface area (Å²) >= 11 is 3.36. The minimum absolute atomic E-state index is 0.265. The summed E-state index contributed by atoms with van der Waals surface area (Å²) in [5, 5.41) is 15.6. The first-order chi connectivity index (χ1) is 9.16. The molecule has 0 bridgehead atoms. The number of nitrogens with zero attached hydrogens (tertiary/aromatic N) is 2. The van der Waals surface area contributed by atoms with Crippen molar-refractivity contribution in [3.8, 4) is 0 Å². The number of aromatic nitrogens is 2. The number of rotatable bonds is 6. The SMILES string of the molecule is O=C(O)c1ccc(CNCCc2ncno2)c(Br)c1. The van der Waals surface area contributed by atoms with Crippen LogP contribution < -0.4 is 5.32 Å². The number of carboxylic acid groups (broad SMARTS) is 1. The molecule has 0 aliphatic heterocycles. The molecule has 2 aromatic rings. The summed E-state index contributed by atoms with van der Waals surface area (Å²) in [5.74, 6) is -0.343. The number of halogens is 1. The van der Waals surface area contributed by atoms with Crippen LogP contribution in [0.4, 0.5) is 0 Å². The third-order valence-corrected chi connectivity index (χ3v) is 3.28. The van der Waals surface area contributed by atoms with E-state index in [0.29, 0.717) is 25.4 Å². The molecule has 0 unspecified atom stereocenters. The van der Waals surface area contributed by atoms with Crippen molar-refractivity contribution in [3.05, 3.63) is 46.0 Å². The van der Waals surface area contributed by atoms with E-state index in [1.165, 1.54) is 6.33 Å². The van der Waals surface area contributed by atoms with E-state index in [9.17, 15) is 4.79 Å². The van der Waals surface area contributed by atoms with E-state index in [0.717, 1.165) is 10.0 Å². The van der Waals surface area contributed by atoms with Gasteiger partial charge >= 0.3 is 5.97 Å². The molecule has 0 aliphatic carbocycles. The zero-order valence-corrected chi connectivity index (χ0v) is 11.6. The molecule has 1 heterocycles. The number of carbonyl (C=O) groups is 1. The summed E-state index contributed by atoms with van der Waals surface area (Å²) in [7, 11) is 0. The molecule has 0 fully saturated rings. The molecular formula is C12H12BrN3O3. The van der Waals surface area contributed by atoms with Crippen LogP contribution in [0.5, 0.6) is 0 Å². The van der Waals surface area contributed by atoms with Gasteiger partial charge in [-0.15, -0.1) is 0 Å². The Morgan fingerprint density at radius 1 is 1.47 bits per heavy atom. The Bertz CT molecular complexity index is 557. The van der Waals surface area contributed by atoms with Crippen LogP contribution in [0.15, 0.2) is 33.5 Å². The van der Waals surface area contributed by atoms with Gasteiger partial charge in [0.2, 0.25) is 5.89 Å². The second-order valence-corrected chi connectivity index (χ2v) is 4.73. The van der Waals surface area contributed by atoms with Crippen molar-refractivity contribution in [2.45, 2.75) is 13.0 Å². The molecule has 0 amide bonds. The first-order valence-electron chi connectivity index (χ1n) is 5.65. The molecule has 19 heavy (non-hydrogen) atoms. The fraction of sp³-hybridized carbons (Fsp3) is 0.250. The molecule has 0 atom stereocenters. The Kier molecular flexibility index (Phi) is 4.64. The third-order valence-electron chi connectivity index (χ3n) is 2.54. The summed E-state index contributed by atoms with van der Waals surface area (Å²) < 4.78 is 5.65. The zero-order valence-electron chi connectivity index (χ0n) is 9.97. The van der Waals surface area contributed by atoms with Crippen molar-refractivity contribution in [3.63, 3.8) is 0 Å². The van der Waals surface area contributed by atoms with Crippen LogP contribution in [-0.4, -0.2) is 27.8 Å². The molecule has 0 aliphatic rings. The lowest BCUT2D eigenvalue weighted by Gasteiger charge is -2.06. The fourth-order valence-electron chi connectivity index (χ4n) is 1.55. The minimum atomic E-state index is -0.934. The highest BCUT2D eigenvalue weighted by atomic mass is 79.9. The van der Waals surface area contributed by atoms with Gasteiger partial charge in [0.15, 0.2) is 6.33 Å². The second kappa shape index (κ2) is 6.44. The van der Waals surface area contributed by atoms with Gasteiger partial charge in [-0.05, 0) is 17.7 Å². The Morgan fingerprint density at radius 3 is 2.95 bits per heavy atom. The minimum Gasteiger partial charge on any atom is -0.478 e. The topological polar surface area (TPSA) is 88.2 Å². The molecule has 7 heteroatoms. The normalized spacial score (nSPS) is 10.6. The van der Waals surface area contributed by atoms with Crippen LogP contribution >= 0.6 is 15.9 Å². The molecule has 0 radical (unpaired) electrons. The van der Waals surface area contributed by atoms with E-state index in [4.69, 9.17) is 9.63 Å². The number of hydrogen-bond donors (Lipinski definition) is 2. The Balaban J connectivity index is 1.84. The van der Waals surface area contributed by atoms with Gasteiger partial charge in [-0.25, -0.2) is 4.79 Å². The standard InChI is InChI=1S/C12H12BrN3O3/c13-10-5-8(12(17)18)1-2-9(10)6-14-4-3-11-15-7-16-19-11/h1-2,5,7,14H,3-4,6H2,(H,17,18). The smallest absolute Gasteiger partial charge is 0.335 e. The van der Waals surface area contributed by atoms with Crippen LogP contribution in [0.3, 0.4) is 0 Å². The van der Waals surface area contributed by atoms with E-state index < -0.39 is 5.97 Å². The van der Waals surface area contributed by atoms with Gasteiger partial charge in [0, 0.05) is 24.0 Å². The zero-order chi connectivity index (χ0) is 13.7. The number of carboxylic acids is 1. The van der Waals surface area contributed by atoms with Gasteiger partial charge in [0.1, 0.15) is 0 Å². The Morgan fingerprint density at radius 2 is 2.32 bits per heavy atom.